The van der Waals surface area contributed by atoms with Gasteiger partial charge in [0, 0.05) is 11.4 Å². The molecule has 154 valence electrons. The van der Waals surface area contributed by atoms with E-state index in [1.807, 2.05) is 42.9 Å². The summed E-state index contributed by atoms with van der Waals surface area (Å²) in [6.45, 7) is 4.52. The molecule has 2 heterocycles. The van der Waals surface area contributed by atoms with Crippen molar-refractivity contribution < 1.29 is 14.3 Å². The standard InChI is InChI=1S/C23H23N3O3S/c1-3-17-7-9-19(10-8-17)26-15-24-21(16(26)2)12-29-20-6-4-5-18(11-20)13-30-14-22(27)25-23(30)28/h4-11,13,15H,3,12,14H2,1-2H3,(H,25,27,28). The van der Waals surface area contributed by atoms with Crippen molar-refractivity contribution in [3.05, 3.63) is 77.4 Å². The molecule has 2 amide bonds. The van der Waals surface area contributed by atoms with Crippen LogP contribution in [-0.4, -0.2) is 31.8 Å². The molecule has 2 aromatic carbocycles. The number of aryl methyl sites for hydroxylation is 1. The van der Waals surface area contributed by atoms with E-state index in [9.17, 15) is 9.59 Å². The van der Waals surface area contributed by atoms with E-state index >= 15 is 0 Å². The maximum atomic E-state index is 11.8. The number of imide groups is 1. The molecule has 1 N–H and O–H groups in total. The van der Waals surface area contributed by atoms with Crippen molar-refractivity contribution in [1.82, 2.24) is 14.9 Å². The lowest BCUT2D eigenvalue weighted by Crippen LogP contribution is -2.18. The monoisotopic (exact) mass is 421 g/mol. The van der Waals surface area contributed by atoms with Crippen LogP contribution in [0.15, 0.2) is 54.9 Å². The molecule has 1 unspecified atom stereocenters. The summed E-state index contributed by atoms with van der Waals surface area (Å²) < 4.78 is 8.01. The van der Waals surface area contributed by atoms with Gasteiger partial charge in [0.2, 0.25) is 5.91 Å². The van der Waals surface area contributed by atoms with Crippen molar-refractivity contribution >= 4 is 27.0 Å². The highest BCUT2D eigenvalue weighted by molar-refractivity contribution is 8.28. The van der Waals surface area contributed by atoms with Crippen LogP contribution < -0.4 is 10.1 Å². The fourth-order valence-corrected chi connectivity index (χ4v) is 4.65. The molecule has 7 heteroatoms. The fraction of sp³-hybridized carbons (Fsp3) is 0.217. The summed E-state index contributed by atoms with van der Waals surface area (Å²) in [4.78, 5) is 27.7. The van der Waals surface area contributed by atoms with E-state index in [2.05, 4.69) is 46.1 Å². The molecule has 4 rings (SSSR count). The molecule has 30 heavy (non-hydrogen) atoms. The number of ether oxygens (including phenoxy) is 1. The molecule has 0 bridgehead atoms. The first-order chi connectivity index (χ1) is 14.5. The second-order valence-electron chi connectivity index (χ2n) is 7.05. The van der Waals surface area contributed by atoms with Crippen LogP contribution in [-0.2, 0) is 17.8 Å². The van der Waals surface area contributed by atoms with Crippen molar-refractivity contribution in [3.8, 4) is 11.4 Å². The van der Waals surface area contributed by atoms with E-state index in [1.54, 1.807) is 0 Å². The SMILES string of the molecule is CCc1ccc(-n2cnc(COc3cccc(/C=S4\CC(=O)NC4=O)c3)c2C)cc1. The van der Waals surface area contributed by atoms with E-state index in [1.165, 1.54) is 5.56 Å². The van der Waals surface area contributed by atoms with E-state index in [0.717, 1.165) is 29.1 Å². The third-order valence-corrected chi connectivity index (χ3v) is 6.72. The number of hydrogen-bond donors (Lipinski definition) is 1. The van der Waals surface area contributed by atoms with E-state index < -0.39 is 10.5 Å². The van der Waals surface area contributed by atoms with Crippen LogP contribution in [0.3, 0.4) is 0 Å². The van der Waals surface area contributed by atoms with Crippen LogP contribution >= 0.6 is 10.5 Å². The van der Waals surface area contributed by atoms with Crippen molar-refractivity contribution in [1.29, 1.82) is 0 Å². The minimum absolute atomic E-state index is 0.220. The van der Waals surface area contributed by atoms with Crippen molar-refractivity contribution in [2.75, 3.05) is 5.75 Å². The zero-order valence-corrected chi connectivity index (χ0v) is 17.7. The number of amides is 2. The topological polar surface area (TPSA) is 73.2 Å². The molecule has 0 aliphatic carbocycles. The molecular formula is C23H23N3O3S. The van der Waals surface area contributed by atoms with Gasteiger partial charge >= 0.3 is 0 Å². The van der Waals surface area contributed by atoms with Crippen LogP contribution in [0.1, 0.15) is 29.4 Å². The number of imidazole rings is 1. The lowest BCUT2D eigenvalue weighted by molar-refractivity contribution is -0.117. The Hall–Kier alpha value is -3.19. The summed E-state index contributed by atoms with van der Waals surface area (Å²) in [5.74, 6) is 0.696. The fourth-order valence-electron chi connectivity index (χ4n) is 3.25. The van der Waals surface area contributed by atoms with Gasteiger partial charge in [0.15, 0.2) is 0 Å². The predicted octanol–water partition coefficient (Wildman–Crippen LogP) is 3.99. The summed E-state index contributed by atoms with van der Waals surface area (Å²) in [5.41, 5.74) is 5.14. The van der Waals surface area contributed by atoms with Crippen LogP contribution in [0.25, 0.3) is 5.69 Å². The number of aromatic nitrogens is 2. The number of hydrogen-bond acceptors (Lipinski definition) is 4. The Morgan fingerprint density at radius 2 is 2.00 bits per heavy atom. The first-order valence-electron chi connectivity index (χ1n) is 9.77. The quantitative estimate of drug-likeness (QED) is 0.611. The maximum absolute atomic E-state index is 11.8. The predicted molar refractivity (Wildman–Crippen MR) is 120 cm³/mol. The van der Waals surface area contributed by atoms with Crippen LogP contribution in [0, 0.1) is 6.92 Å². The summed E-state index contributed by atoms with van der Waals surface area (Å²) in [5, 5.41) is 3.94. The van der Waals surface area contributed by atoms with Gasteiger partial charge in [0.1, 0.15) is 12.4 Å². The van der Waals surface area contributed by atoms with Gasteiger partial charge in [-0.25, -0.2) is 4.98 Å². The molecule has 1 aliphatic heterocycles. The number of nitrogens with one attached hydrogen (secondary N) is 1. The average Bonchev–Trinajstić information content (AvgIpc) is 3.27. The van der Waals surface area contributed by atoms with E-state index in [0.29, 0.717) is 12.4 Å². The van der Waals surface area contributed by atoms with E-state index in [4.69, 9.17) is 4.74 Å². The minimum atomic E-state index is -0.721. The number of carbonyl (C=O) groups excluding carboxylic acids is 2. The largest absolute Gasteiger partial charge is 0.487 e. The first kappa shape index (κ1) is 20.1. The lowest BCUT2D eigenvalue weighted by atomic mass is 10.1. The molecule has 6 nitrogen and oxygen atoms in total. The minimum Gasteiger partial charge on any atom is -0.487 e. The normalized spacial score (nSPS) is 16.1. The van der Waals surface area contributed by atoms with Gasteiger partial charge < -0.3 is 9.30 Å². The molecule has 1 aliphatic rings. The molecule has 1 fully saturated rings. The number of carbonyl (C=O) groups is 2. The van der Waals surface area contributed by atoms with Gasteiger partial charge in [-0.15, -0.1) is 0 Å². The lowest BCUT2D eigenvalue weighted by Gasteiger charge is -2.09. The average molecular weight is 422 g/mol. The van der Waals surface area contributed by atoms with Gasteiger partial charge in [-0.05, 0) is 54.1 Å². The third-order valence-electron chi connectivity index (χ3n) is 5.01. The Bertz CT molecular complexity index is 1130. The molecular weight excluding hydrogens is 398 g/mol. The third kappa shape index (κ3) is 4.36. The first-order valence-corrected chi connectivity index (χ1v) is 11.2. The summed E-state index contributed by atoms with van der Waals surface area (Å²) in [6, 6.07) is 16.0. The molecule has 0 saturated carbocycles. The Morgan fingerprint density at radius 1 is 1.20 bits per heavy atom. The molecule has 3 aromatic rings. The Balaban J connectivity index is 1.46. The van der Waals surface area contributed by atoms with Gasteiger partial charge in [0.25, 0.3) is 5.24 Å². The molecule has 1 aromatic heterocycles. The summed E-state index contributed by atoms with van der Waals surface area (Å²) in [6.07, 6.45) is 2.83. The smallest absolute Gasteiger partial charge is 0.280 e. The molecule has 1 atom stereocenters. The molecule has 0 radical (unpaired) electrons. The number of nitrogens with zero attached hydrogens (tertiary/aromatic N) is 2. The van der Waals surface area contributed by atoms with Crippen LogP contribution in [0.4, 0.5) is 4.79 Å². The van der Waals surface area contributed by atoms with Gasteiger partial charge in [-0.3, -0.25) is 14.9 Å². The van der Waals surface area contributed by atoms with Crippen molar-refractivity contribution in [3.63, 3.8) is 0 Å². The zero-order chi connectivity index (χ0) is 21.1. The van der Waals surface area contributed by atoms with Gasteiger partial charge in [-0.1, -0.05) is 41.7 Å². The maximum Gasteiger partial charge on any atom is 0.280 e. The van der Waals surface area contributed by atoms with E-state index in [-0.39, 0.29) is 16.9 Å². The second-order valence-corrected chi connectivity index (χ2v) is 8.81. The second kappa shape index (κ2) is 8.67. The molecule has 1 saturated heterocycles. The summed E-state index contributed by atoms with van der Waals surface area (Å²) >= 11 is 0. The summed E-state index contributed by atoms with van der Waals surface area (Å²) in [7, 11) is -0.721. The number of benzene rings is 2. The van der Waals surface area contributed by atoms with Crippen molar-refractivity contribution in [2.45, 2.75) is 26.9 Å². The highest BCUT2D eigenvalue weighted by Gasteiger charge is 2.22. The highest BCUT2D eigenvalue weighted by Crippen LogP contribution is 2.22. The Morgan fingerprint density at radius 3 is 2.70 bits per heavy atom. The van der Waals surface area contributed by atoms with Gasteiger partial charge in [0.05, 0.1) is 17.8 Å². The van der Waals surface area contributed by atoms with Crippen LogP contribution in [0.2, 0.25) is 0 Å². The Labute approximate surface area is 177 Å². The zero-order valence-electron chi connectivity index (χ0n) is 16.9. The van der Waals surface area contributed by atoms with Crippen molar-refractivity contribution in [2.24, 2.45) is 0 Å². The molecule has 0 spiro atoms. The Kier molecular flexibility index (Phi) is 5.81. The van der Waals surface area contributed by atoms with Crippen LogP contribution in [0.5, 0.6) is 5.75 Å². The van der Waals surface area contributed by atoms with Gasteiger partial charge in [-0.2, -0.15) is 0 Å². The highest BCUT2D eigenvalue weighted by atomic mass is 32.2. The number of rotatable bonds is 6.